The molecule has 94 valence electrons. The molecule has 0 heterocycles. The van der Waals surface area contributed by atoms with Gasteiger partial charge in [0.1, 0.15) is 0 Å². The third-order valence-corrected chi connectivity index (χ3v) is 3.95. The van der Waals surface area contributed by atoms with E-state index in [0.29, 0.717) is 0 Å². The quantitative estimate of drug-likeness (QED) is 0.695. The fraction of sp³-hybridized carbons (Fsp3) is 0.500. The molecule has 0 N–H and O–H groups in total. The molecule has 0 radical (unpaired) electrons. The number of carbonyl (C=O) groups is 1. The molecular formula is C14H21NOS. The topological polar surface area (TPSA) is 20.3 Å². The van der Waals surface area contributed by atoms with Gasteiger partial charge >= 0.3 is 0 Å². The Morgan fingerprint density at radius 2 is 1.94 bits per heavy atom. The van der Waals surface area contributed by atoms with Crippen LogP contribution in [0.2, 0.25) is 0 Å². The van der Waals surface area contributed by atoms with E-state index in [9.17, 15) is 4.79 Å². The largest absolute Gasteiger partial charge is 0.309 e. The van der Waals surface area contributed by atoms with Gasteiger partial charge in [-0.2, -0.15) is 0 Å². The van der Waals surface area contributed by atoms with Gasteiger partial charge in [-0.3, -0.25) is 4.79 Å². The zero-order chi connectivity index (χ0) is 12.7. The van der Waals surface area contributed by atoms with E-state index in [4.69, 9.17) is 0 Å². The van der Waals surface area contributed by atoms with Crippen molar-refractivity contribution < 1.29 is 4.79 Å². The minimum atomic E-state index is 0.0948. The Morgan fingerprint density at radius 1 is 1.29 bits per heavy atom. The van der Waals surface area contributed by atoms with Crippen molar-refractivity contribution in [1.82, 2.24) is 4.90 Å². The van der Waals surface area contributed by atoms with Crippen molar-refractivity contribution in [2.45, 2.75) is 18.6 Å². The van der Waals surface area contributed by atoms with Crippen molar-refractivity contribution in [2.24, 2.45) is 0 Å². The van der Waals surface area contributed by atoms with E-state index in [1.54, 1.807) is 11.8 Å². The first-order valence-corrected chi connectivity index (χ1v) is 7.05. The highest BCUT2D eigenvalue weighted by Crippen LogP contribution is 2.19. The maximum atomic E-state index is 12.2. The molecule has 0 spiro atoms. The Morgan fingerprint density at radius 3 is 2.47 bits per heavy atom. The zero-order valence-corrected chi connectivity index (χ0v) is 11.7. The third kappa shape index (κ3) is 4.92. The molecule has 0 aromatic heterocycles. The molecule has 0 saturated heterocycles. The van der Waals surface area contributed by atoms with Crippen LogP contribution >= 0.6 is 11.8 Å². The van der Waals surface area contributed by atoms with E-state index in [1.807, 2.05) is 30.3 Å². The number of rotatable bonds is 7. The molecular weight excluding hydrogens is 230 g/mol. The number of carbonyl (C=O) groups excluding carboxylic acids is 1. The fourth-order valence-electron chi connectivity index (χ4n) is 1.54. The highest BCUT2D eigenvalue weighted by Gasteiger charge is 2.18. The van der Waals surface area contributed by atoms with Crippen LogP contribution in [0, 0.1) is 0 Å². The maximum absolute atomic E-state index is 12.2. The molecule has 0 fully saturated rings. The van der Waals surface area contributed by atoms with Gasteiger partial charge in [-0.1, -0.05) is 37.3 Å². The standard InChI is InChI=1S/C14H21NOS/c1-4-13(17-11-10-15(2)3)14(16)12-8-6-5-7-9-12/h5-9,13H,4,10-11H2,1-3H3. The van der Waals surface area contributed by atoms with Crippen LogP contribution in [0.25, 0.3) is 0 Å². The van der Waals surface area contributed by atoms with E-state index in [0.717, 1.165) is 24.3 Å². The summed E-state index contributed by atoms with van der Waals surface area (Å²) in [5.74, 6) is 1.27. The van der Waals surface area contributed by atoms with Crippen LogP contribution in [0.15, 0.2) is 30.3 Å². The molecule has 0 aliphatic carbocycles. The Labute approximate surface area is 108 Å². The molecule has 1 aromatic carbocycles. The number of ketones is 1. The van der Waals surface area contributed by atoms with E-state index >= 15 is 0 Å². The predicted molar refractivity (Wildman–Crippen MR) is 75.9 cm³/mol. The summed E-state index contributed by atoms with van der Waals surface area (Å²) in [4.78, 5) is 14.4. The van der Waals surface area contributed by atoms with E-state index < -0.39 is 0 Å². The molecule has 1 aromatic rings. The second kappa shape index (κ2) is 7.51. The number of nitrogens with zero attached hydrogens (tertiary/aromatic N) is 1. The van der Waals surface area contributed by atoms with E-state index in [1.165, 1.54) is 0 Å². The molecule has 1 unspecified atom stereocenters. The van der Waals surface area contributed by atoms with Crippen molar-refractivity contribution in [1.29, 1.82) is 0 Å². The number of hydrogen-bond acceptors (Lipinski definition) is 3. The van der Waals surface area contributed by atoms with Crippen LogP contribution in [0.4, 0.5) is 0 Å². The average Bonchev–Trinajstić information content (AvgIpc) is 2.34. The lowest BCUT2D eigenvalue weighted by Crippen LogP contribution is -2.21. The Hall–Kier alpha value is -0.800. The minimum absolute atomic E-state index is 0.0948. The van der Waals surface area contributed by atoms with Gasteiger partial charge in [-0.15, -0.1) is 11.8 Å². The Kier molecular flexibility index (Phi) is 6.30. The van der Waals surface area contributed by atoms with Crippen molar-refractivity contribution >= 4 is 17.5 Å². The summed E-state index contributed by atoms with van der Waals surface area (Å²) < 4.78 is 0. The van der Waals surface area contributed by atoms with Gasteiger partial charge in [0.2, 0.25) is 0 Å². The summed E-state index contributed by atoms with van der Waals surface area (Å²) in [6, 6.07) is 9.58. The van der Waals surface area contributed by atoms with Gasteiger partial charge in [-0.05, 0) is 20.5 Å². The number of Topliss-reactive ketones (excluding diaryl/α,β-unsaturated/α-hetero) is 1. The lowest BCUT2D eigenvalue weighted by molar-refractivity contribution is 0.0988. The van der Waals surface area contributed by atoms with Gasteiger partial charge in [-0.25, -0.2) is 0 Å². The Balaban J connectivity index is 2.53. The fourth-order valence-corrected chi connectivity index (χ4v) is 2.82. The summed E-state index contributed by atoms with van der Waals surface area (Å²) in [5.41, 5.74) is 0.830. The smallest absolute Gasteiger partial charge is 0.175 e. The summed E-state index contributed by atoms with van der Waals surface area (Å²) in [5, 5.41) is 0.0948. The normalized spacial score (nSPS) is 12.7. The Bertz CT molecular complexity index is 337. The van der Waals surface area contributed by atoms with Crippen LogP contribution < -0.4 is 0 Å². The number of benzene rings is 1. The third-order valence-electron chi connectivity index (χ3n) is 2.58. The molecule has 0 bridgehead atoms. The number of hydrogen-bond donors (Lipinski definition) is 0. The lowest BCUT2D eigenvalue weighted by atomic mass is 10.1. The summed E-state index contributed by atoms with van der Waals surface area (Å²) in [7, 11) is 4.11. The van der Waals surface area contributed by atoms with E-state index in [-0.39, 0.29) is 11.0 Å². The van der Waals surface area contributed by atoms with Crippen molar-refractivity contribution in [3.05, 3.63) is 35.9 Å². The van der Waals surface area contributed by atoms with Gasteiger partial charge in [0.25, 0.3) is 0 Å². The first-order valence-electron chi connectivity index (χ1n) is 6.00. The minimum Gasteiger partial charge on any atom is -0.309 e. The van der Waals surface area contributed by atoms with Crippen molar-refractivity contribution in [2.75, 3.05) is 26.4 Å². The summed E-state index contributed by atoms with van der Waals surface area (Å²) in [6.07, 6.45) is 0.895. The second-order valence-electron chi connectivity index (χ2n) is 4.30. The molecule has 0 amide bonds. The highest BCUT2D eigenvalue weighted by atomic mass is 32.2. The van der Waals surface area contributed by atoms with Gasteiger partial charge in [0.15, 0.2) is 5.78 Å². The lowest BCUT2D eigenvalue weighted by Gasteiger charge is -2.15. The molecule has 0 aliphatic rings. The van der Waals surface area contributed by atoms with Crippen LogP contribution in [0.3, 0.4) is 0 Å². The van der Waals surface area contributed by atoms with Crippen molar-refractivity contribution in [3.63, 3.8) is 0 Å². The SMILES string of the molecule is CCC(SCCN(C)C)C(=O)c1ccccc1. The van der Waals surface area contributed by atoms with Gasteiger partial charge < -0.3 is 4.90 Å². The molecule has 1 atom stereocenters. The molecule has 17 heavy (non-hydrogen) atoms. The molecule has 3 heteroatoms. The first-order chi connectivity index (χ1) is 8.15. The molecule has 2 nitrogen and oxygen atoms in total. The summed E-state index contributed by atoms with van der Waals surface area (Å²) >= 11 is 1.76. The number of thioether (sulfide) groups is 1. The van der Waals surface area contributed by atoms with Crippen LogP contribution in [-0.2, 0) is 0 Å². The van der Waals surface area contributed by atoms with Gasteiger partial charge in [0, 0.05) is 17.9 Å². The van der Waals surface area contributed by atoms with Gasteiger partial charge in [0.05, 0.1) is 5.25 Å². The molecule has 0 saturated carbocycles. The van der Waals surface area contributed by atoms with E-state index in [2.05, 4.69) is 25.9 Å². The zero-order valence-electron chi connectivity index (χ0n) is 10.8. The first kappa shape index (κ1) is 14.3. The summed E-state index contributed by atoms with van der Waals surface area (Å²) in [6.45, 7) is 3.09. The maximum Gasteiger partial charge on any atom is 0.175 e. The second-order valence-corrected chi connectivity index (χ2v) is 5.61. The van der Waals surface area contributed by atoms with Crippen LogP contribution in [0.1, 0.15) is 23.7 Å². The average molecular weight is 251 g/mol. The van der Waals surface area contributed by atoms with Crippen LogP contribution in [-0.4, -0.2) is 42.3 Å². The predicted octanol–water partition coefficient (Wildman–Crippen LogP) is 2.94. The molecule has 0 aliphatic heterocycles. The van der Waals surface area contributed by atoms with Crippen molar-refractivity contribution in [3.8, 4) is 0 Å². The molecule has 1 rings (SSSR count). The highest BCUT2D eigenvalue weighted by molar-refractivity contribution is 8.00. The van der Waals surface area contributed by atoms with Crippen LogP contribution in [0.5, 0.6) is 0 Å². The monoisotopic (exact) mass is 251 g/mol.